The van der Waals surface area contributed by atoms with Gasteiger partial charge < -0.3 is 9.47 Å². The lowest BCUT2D eigenvalue weighted by Gasteiger charge is -2.17. The van der Waals surface area contributed by atoms with Gasteiger partial charge in [0.25, 0.3) is 5.78 Å². The highest BCUT2D eigenvalue weighted by molar-refractivity contribution is 6.00. The number of nitrogens with zero attached hydrogens (tertiary/aromatic N) is 2. The smallest absolute Gasteiger partial charge is 0.352 e. The molecule has 1 aromatic heterocycles. The number of carbonyl (C=O) groups is 1. The van der Waals surface area contributed by atoms with Crippen LogP contribution >= 0.6 is 0 Å². The fourth-order valence-corrected chi connectivity index (χ4v) is 1.67. The van der Waals surface area contributed by atoms with Gasteiger partial charge in [-0.25, -0.2) is 0 Å². The Morgan fingerprint density at radius 3 is 2.44 bits per heavy atom. The van der Waals surface area contributed by atoms with E-state index in [9.17, 15) is 18.0 Å². The van der Waals surface area contributed by atoms with Gasteiger partial charge in [-0.2, -0.15) is 13.2 Å². The van der Waals surface area contributed by atoms with Crippen LogP contribution in [0.2, 0.25) is 0 Å². The van der Waals surface area contributed by atoms with Crippen LogP contribution in [-0.2, 0) is 6.54 Å². The summed E-state index contributed by atoms with van der Waals surface area (Å²) in [6.45, 7) is 7.17. The average molecular weight is 262 g/mol. The number of carbonyl (C=O) groups excluding carboxylic acids is 1. The summed E-state index contributed by atoms with van der Waals surface area (Å²) < 4.78 is 38.2. The van der Waals surface area contributed by atoms with Gasteiger partial charge in [0.1, 0.15) is 0 Å². The van der Waals surface area contributed by atoms with Crippen LogP contribution in [0, 0.1) is 0 Å². The van der Waals surface area contributed by atoms with E-state index < -0.39 is 12.0 Å². The van der Waals surface area contributed by atoms with Crippen LogP contribution in [0.1, 0.15) is 24.2 Å². The first-order valence-electron chi connectivity index (χ1n) is 5.88. The fraction of sp³-hybridized carbons (Fsp3) is 0.583. The van der Waals surface area contributed by atoms with Crippen LogP contribution in [0.4, 0.5) is 13.2 Å². The Kier molecular flexibility index (Phi) is 4.95. The summed E-state index contributed by atoms with van der Waals surface area (Å²) in [5.74, 6) is -1.79. The molecule has 0 aliphatic carbocycles. The summed E-state index contributed by atoms with van der Waals surface area (Å²) in [4.78, 5) is 13.1. The first-order chi connectivity index (χ1) is 8.38. The highest BCUT2D eigenvalue weighted by atomic mass is 19.4. The van der Waals surface area contributed by atoms with Crippen molar-refractivity contribution in [3.05, 3.63) is 24.0 Å². The third kappa shape index (κ3) is 3.87. The maximum absolute atomic E-state index is 12.2. The summed E-state index contributed by atoms with van der Waals surface area (Å²) in [6.07, 6.45) is -2.05. The summed E-state index contributed by atoms with van der Waals surface area (Å²) in [7, 11) is 0. The monoisotopic (exact) mass is 262 g/mol. The van der Waals surface area contributed by atoms with Gasteiger partial charge in [-0.15, -0.1) is 0 Å². The topological polar surface area (TPSA) is 25.2 Å². The second-order valence-corrected chi connectivity index (χ2v) is 3.99. The van der Waals surface area contributed by atoms with Crippen molar-refractivity contribution < 1.29 is 18.0 Å². The van der Waals surface area contributed by atoms with E-state index in [0.717, 1.165) is 19.6 Å². The standard InChI is InChI=1S/C12H17F3N2O/c1-3-16(4-2)7-8-17-6-5-10(9-17)11(18)12(13,14)15/h5-6,9H,3-4,7-8H2,1-2H3. The lowest BCUT2D eigenvalue weighted by atomic mass is 10.2. The molecule has 0 atom stereocenters. The number of aromatic nitrogens is 1. The van der Waals surface area contributed by atoms with Crippen molar-refractivity contribution >= 4 is 5.78 Å². The SMILES string of the molecule is CCN(CC)CCn1ccc(C(=O)C(F)(F)F)c1. The molecule has 6 heteroatoms. The second kappa shape index (κ2) is 6.04. The molecule has 0 saturated heterocycles. The van der Waals surface area contributed by atoms with E-state index in [1.165, 1.54) is 18.5 Å². The lowest BCUT2D eigenvalue weighted by Crippen LogP contribution is -2.26. The maximum atomic E-state index is 12.2. The van der Waals surface area contributed by atoms with Gasteiger partial charge in [-0.3, -0.25) is 4.79 Å². The van der Waals surface area contributed by atoms with E-state index in [1.807, 2.05) is 13.8 Å². The van der Waals surface area contributed by atoms with Crippen LogP contribution in [0.5, 0.6) is 0 Å². The van der Waals surface area contributed by atoms with Crippen molar-refractivity contribution in [2.45, 2.75) is 26.6 Å². The van der Waals surface area contributed by atoms with Gasteiger partial charge in [0, 0.05) is 31.0 Å². The minimum atomic E-state index is -4.80. The first-order valence-corrected chi connectivity index (χ1v) is 5.88. The van der Waals surface area contributed by atoms with Crippen molar-refractivity contribution in [3.63, 3.8) is 0 Å². The van der Waals surface area contributed by atoms with E-state index in [0.29, 0.717) is 6.54 Å². The normalized spacial score (nSPS) is 12.1. The van der Waals surface area contributed by atoms with Crippen LogP contribution in [-0.4, -0.2) is 41.1 Å². The molecule has 3 nitrogen and oxygen atoms in total. The first kappa shape index (κ1) is 14.8. The fourth-order valence-electron chi connectivity index (χ4n) is 1.67. The van der Waals surface area contributed by atoms with Crippen molar-refractivity contribution in [2.24, 2.45) is 0 Å². The van der Waals surface area contributed by atoms with Crippen molar-refractivity contribution in [3.8, 4) is 0 Å². The van der Waals surface area contributed by atoms with Crippen molar-refractivity contribution in [1.29, 1.82) is 0 Å². The van der Waals surface area contributed by atoms with Gasteiger partial charge >= 0.3 is 6.18 Å². The molecule has 0 amide bonds. The van der Waals surface area contributed by atoms with Crippen molar-refractivity contribution in [2.75, 3.05) is 19.6 Å². The van der Waals surface area contributed by atoms with E-state index >= 15 is 0 Å². The molecule has 1 rings (SSSR count). The molecule has 1 heterocycles. The molecule has 0 unspecified atom stereocenters. The maximum Gasteiger partial charge on any atom is 0.454 e. The van der Waals surface area contributed by atoms with E-state index in [2.05, 4.69) is 4.90 Å². The highest BCUT2D eigenvalue weighted by Gasteiger charge is 2.39. The Bertz CT molecular complexity index is 394. The van der Waals surface area contributed by atoms with Gasteiger partial charge in [0.05, 0.1) is 0 Å². The minimum Gasteiger partial charge on any atom is -0.352 e. The summed E-state index contributed by atoms with van der Waals surface area (Å²) in [6, 6.07) is 1.21. The van der Waals surface area contributed by atoms with Crippen LogP contribution in [0.15, 0.2) is 18.5 Å². The number of Topliss-reactive ketones (excluding diaryl/α,β-unsaturated/α-hetero) is 1. The number of likely N-dealkylation sites (N-methyl/N-ethyl adjacent to an activating group) is 1. The molecular weight excluding hydrogens is 245 g/mol. The van der Waals surface area contributed by atoms with Gasteiger partial charge in [0.15, 0.2) is 0 Å². The summed E-state index contributed by atoms with van der Waals surface area (Å²) in [5.41, 5.74) is -0.304. The molecule has 0 aliphatic rings. The van der Waals surface area contributed by atoms with Gasteiger partial charge in [-0.05, 0) is 19.2 Å². The van der Waals surface area contributed by atoms with Crippen molar-refractivity contribution in [1.82, 2.24) is 9.47 Å². The molecule has 1 aromatic rings. The largest absolute Gasteiger partial charge is 0.454 e. The zero-order valence-electron chi connectivity index (χ0n) is 10.5. The predicted molar refractivity (Wildman–Crippen MR) is 62.6 cm³/mol. The Labute approximate surface area is 104 Å². The number of alkyl halides is 3. The van der Waals surface area contributed by atoms with Crippen LogP contribution in [0.25, 0.3) is 0 Å². The van der Waals surface area contributed by atoms with Gasteiger partial charge in [-0.1, -0.05) is 13.8 Å². The molecule has 0 saturated carbocycles. The Morgan fingerprint density at radius 1 is 1.33 bits per heavy atom. The van der Waals surface area contributed by atoms with E-state index in [1.54, 1.807) is 4.57 Å². The van der Waals surface area contributed by atoms with E-state index in [4.69, 9.17) is 0 Å². The molecule has 0 N–H and O–H groups in total. The van der Waals surface area contributed by atoms with Gasteiger partial charge in [0.2, 0.25) is 0 Å². The average Bonchev–Trinajstić information content (AvgIpc) is 2.77. The van der Waals surface area contributed by atoms with Crippen LogP contribution in [0.3, 0.4) is 0 Å². The molecule has 0 radical (unpaired) electrons. The molecule has 0 fully saturated rings. The number of rotatable bonds is 6. The molecular formula is C12H17F3N2O. The zero-order valence-corrected chi connectivity index (χ0v) is 10.5. The lowest BCUT2D eigenvalue weighted by molar-refractivity contribution is -0.0885. The number of hydrogen-bond donors (Lipinski definition) is 0. The molecule has 18 heavy (non-hydrogen) atoms. The Hall–Kier alpha value is -1.30. The minimum absolute atomic E-state index is 0.304. The summed E-state index contributed by atoms with van der Waals surface area (Å²) >= 11 is 0. The molecule has 0 spiro atoms. The highest BCUT2D eigenvalue weighted by Crippen LogP contribution is 2.21. The Morgan fingerprint density at radius 2 is 1.94 bits per heavy atom. The molecule has 0 bridgehead atoms. The van der Waals surface area contributed by atoms with E-state index in [-0.39, 0.29) is 5.56 Å². The van der Waals surface area contributed by atoms with Crippen LogP contribution < -0.4 is 0 Å². The molecule has 102 valence electrons. The molecule has 0 aliphatic heterocycles. The summed E-state index contributed by atoms with van der Waals surface area (Å²) in [5, 5.41) is 0. The second-order valence-electron chi connectivity index (χ2n) is 3.99. The Balaban J connectivity index is 2.61. The predicted octanol–water partition coefficient (Wildman–Crippen LogP) is 2.57. The quantitative estimate of drug-likeness (QED) is 0.736. The number of ketones is 1. The molecule has 0 aromatic carbocycles. The third-order valence-electron chi connectivity index (χ3n) is 2.84. The third-order valence-corrected chi connectivity index (χ3v) is 2.84. The number of hydrogen-bond acceptors (Lipinski definition) is 2. The number of halogens is 3. The zero-order chi connectivity index (χ0) is 13.8.